The lowest BCUT2D eigenvalue weighted by Gasteiger charge is -2.34. The molecule has 1 aliphatic heterocycles. The summed E-state index contributed by atoms with van der Waals surface area (Å²) >= 11 is 0. The van der Waals surface area contributed by atoms with Gasteiger partial charge in [-0.3, -0.25) is 0 Å². The second kappa shape index (κ2) is 5.13. The van der Waals surface area contributed by atoms with Crippen molar-refractivity contribution >= 4 is 0 Å². The third-order valence-electron chi connectivity index (χ3n) is 3.46. The Morgan fingerprint density at radius 1 is 1.14 bits per heavy atom. The van der Waals surface area contributed by atoms with Crippen LogP contribution >= 0.6 is 0 Å². The average molecular weight is 199 g/mol. The van der Waals surface area contributed by atoms with Crippen LogP contribution in [-0.4, -0.2) is 35.7 Å². The van der Waals surface area contributed by atoms with Crippen LogP contribution in [0, 0.1) is 5.41 Å². The fourth-order valence-electron chi connectivity index (χ4n) is 2.00. The van der Waals surface area contributed by atoms with Crippen LogP contribution in [0.4, 0.5) is 0 Å². The molecule has 1 fully saturated rings. The molecule has 0 spiro atoms. The lowest BCUT2D eigenvalue weighted by molar-refractivity contribution is 0.0353. The van der Waals surface area contributed by atoms with E-state index in [4.69, 9.17) is 0 Å². The highest BCUT2D eigenvalue weighted by Gasteiger charge is 2.27. The van der Waals surface area contributed by atoms with Crippen LogP contribution in [0.5, 0.6) is 0 Å². The second-order valence-electron chi connectivity index (χ2n) is 5.35. The molecule has 1 atom stereocenters. The highest BCUT2D eigenvalue weighted by Crippen LogP contribution is 2.23. The number of aliphatic hydroxyl groups excluding tert-OH is 1. The van der Waals surface area contributed by atoms with E-state index in [1.54, 1.807) is 0 Å². The molecule has 0 saturated carbocycles. The molecule has 1 rings (SSSR count). The first-order valence-corrected chi connectivity index (χ1v) is 5.93. The minimum absolute atomic E-state index is 0.0321. The molecule has 84 valence electrons. The average Bonchev–Trinajstić information content (AvgIpc) is 2.32. The van der Waals surface area contributed by atoms with Crippen LogP contribution in [0.25, 0.3) is 0 Å². The number of hydrogen-bond donors (Lipinski definition) is 1. The van der Waals surface area contributed by atoms with Gasteiger partial charge in [0.25, 0.3) is 0 Å². The summed E-state index contributed by atoms with van der Waals surface area (Å²) in [5.41, 5.74) is 0.0321. The Bertz CT molecular complexity index is 158. The van der Waals surface area contributed by atoms with Gasteiger partial charge in [-0.25, -0.2) is 0 Å². The first kappa shape index (κ1) is 12.0. The van der Waals surface area contributed by atoms with Gasteiger partial charge in [-0.15, -0.1) is 0 Å². The molecule has 2 nitrogen and oxygen atoms in total. The van der Waals surface area contributed by atoms with Gasteiger partial charge in [0, 0.05) is 12.0 Å². The molecule has 0 amide bonds. The van der Waals surface area contributed by atoms with Crippen LogP contribution in [-0.2, 0) is 0 Å². The van der Waals surface area contributed by atoms with Crippen LogP contribution in [0.1, 0.15) is 46.5 Å². The lowest BCUT2D eigenvalue weighted by Crippen LogP contribution is -2.40. The van der Waals surface area contributed by atoms with Gasteiger partial charge in [-0.1, -0.05) is 26.7 Å². The zero-order chi connectivity index (χ0) is 10.6. The van der Waals surface area contributed by atoms with Crippen LogP contribution in [0.15, 0.2) is 0 Å². The first-order valence-electron chi connectivity index (χ1n) is 5.93. The van der Waals surface area contributed by atoms with Crippen molar-refractivity contribution in [3.05, 3.63) is 0 Å². The predicted molar refractivity (Wildman–Crippen MR) is 60.4 cm³/mol. The van der Waals surface area contributed by atoms with E-state index in [0.29, 0.717) is 0 Å². The fraction of sp³-hybridized carbons (Fsp3) is 1.00. The topological polar surface area (TPSA) is 23.5 Å². The van der Waals surface area contributed by atoms with Crippen molar-refractivity contribution in [1.29, 1.82) is 0 Å². The molecule has 14 heavy (non-hydrogen) atoms. The van der Waals surface area contributed by atoms with E-state index < -0.39 is 0 Å². The van der Waals surface area contributed by atoms with Gasteiger partial charge in [-0.05, 0) is 32.9 Å². The quantitative estimate of drug-likeness (QED) is 0.753. The number of nitrogens with zero attached hydrogens (tertiary/aromatic N) is 1. The van der Waals surface area contributed by atoms with Crippen molar-refractivity contribution < 1.29 is 5.11 Å². The summed E-state index contributed by atoms with van der Waals surface area (Å²) < 4.78 is 0. The molecule has 2 heteroatoms. The second-order valence-corrected chi connectivity index (χ2v) is 5.35. The Balaban J connectivity index is 2.41. The molecule has 1 N–H and O–H groups in total. The summed E-state index contributed by atoms with van der Waals surface area (Å²) in [6, 6.07) is 0. The van der Waals surface area contributed by atoms with Crippen LogP contribution in [0.3, 0.4) is 0 Å². The highest BCUT2D eigenvalue weighted by molar-refractivity contribution is 4.79. The number of aliphatic hydroxyl groups is 1. The monoisotopic (exact) mass is 199 g/mol. The van der Waals surface area contributed by atoms with Crippen molar-refractivity contribution in [3.8, 4) is 0 Å². The summed E-state index contributed by atoms with van der Waals surface area (Å²) in [7, 11) is 0. The Morgan fingerprint density at radius 3 is 2.07 bits per heavy atom. The molecule has 0 aromatic heterocycles. The van der Waals surface area contributed by atoms with Crippen molar-refractivity contribution in [2.45, 2.75) is 52.6 Å². The predicted octanol–water partition coefficient (Wildman–Crippen LogP) is 2.27. The summed E-state index contributed by atoms with van der Waals surface area (Å²) in [5.74, 6) is 0. The molecule has 0 bridgehead atoms. The molecule has 0 aromatic rings. The van der Waals surface area contributed by atoms with Crippen molar-refractivity contribution in [2.24, 2.45) is 5.41 Å². The molecular weight excluding hydrogens is 174 g/mol. The van der Waals surface area contributed by atoms with Gasteiger partial charge >= 0.3 is 0 Å². The zero-order valence-electron chi connectivity index (χ0n) is 9.92. The van der Waals surface area contributed by atoms with Crippen LogP contribution < -0.4 is 0 Å². The maximum Gasteiger partial charge on any atom is 0.0575 e. The molecule has 1 unspecified atom stereocenters. The summed E-state index contributed by atoms with van der Waals surface area (Å²) in [6.45, 7) is 9.68. The number of likely N-dealkylation sites (tertiary alicyclic amines) is 1. The Morgan fingerprint density at radius 2 is 1.64 bits per heavy atom. The van der Waals surface area contributed by atoms with Gasteiger partial charge in [0.05, 0.1) is 6.10 Å². The van der Waals surface area contributed by atoms with E-state index in [1.807, 2.05) is 6.92 Å². The molecular formula is C12H25NO. The maximum atomic E-state index is 9.65. The molecule has 1 aliphatic rings. The maximum absolute atomic E-state index is 9.65. The van der Waals surface area contributed by atoms with Gasteiger partial charge in [0.1, 0.15) is 0 Å². The highest BCUT2D eigenvalue weighted by atomic mass is 16.3. The van der Waals surface area contributed by atoms with Crippen molar-refractivity contribution in [1.82, 2.24) is 4.90 Å². The molecule has 0 radical (unpaired) electrons. The smallest absolute Gasteiger partial charge is 0.0575 e. The Hall–Kier alpha value is -0.0800. The standard InChI is InChI=1S/C12H25NO/c1-11(14)12(2,3)10-13-8-6-4-5-7-9-13/h11,14H,4-10H2,1-3H3. The first-order chi connectivity index (χ1) is 6.52. The summed E-state index contributed by atoms with van der Waals surface area (Å²) in [5, 5.41) is 9.65. The van der Waals surface area contributed by atoms with Gasteiger partial charge in [0.2, 0.25) is 0 Å². The molecule has 1 heterocycles. The Labute approximate surface area is 88.3 Å². The lowest BCUT2D eigenvalue weighted by atomic mass is 9.87. The van der Waals surface area contributed by atoms with E-state index in [9.17, 15) is 5.11 Å². The Kier molecular flexibility index (Phi) is 4.39. The zero-order valence-corrected chi connectivity index (χ0v) is 9.92. The molecule has 1 saturated heterocycles. The van der Waals surface area contributed by atoms with Gasteiger partial charge in [-0.2, -0.15) is 0 Å². The van der Waals surface area contributed by atoms with Crippen molar-refractivity contribution in [2.75, 3.05) is 19.6 Å². The number of hydrogen-bond acceptors (Lipinski definition) is 2. The minimum Gasteiger partial charge on any atom is -0.393 e. The van der Waals surface area contributed by atoms with Gasteiger partial charge in [0.15, 0.2) is 0 Å². The SMILES string of the molecule is CC(O)C(C)(C)CN1CCCCCC1. The normalized spacial score (nSPS) is 23.1. The third-order valence-corrected chi connectivity index (χ3v) is 3.46. The minimum atomic E-state index is -0.217. The van der Waals surface area contributed by atoms with E-state index in [1.165, 1.54) is 38.8 Å². The summed E-state index contributed by atoms with van der Waals surface area (Å²) in [6.07, 6.45) is 5.20. The molecule has 0 aliphatic carbocycles. The van der Waals surface area contributed by atoms with E-state index >= 15 is 0 Å². The van der Waals surface area contributed by atoms with Crippen molar-refractivity contribution in [3.63, 3.8) is 0 Å². The fourth-order valence-corrected chi connectivity index (χ4v) is 2.00. The largest absolute Gasteiger partial charge is 0.393 e. The van der Waals surface area contributed by atoms with Gasteiger partial charge < -0.3 is 10.0 Å². The molecule has 0 aromatic carbocycles. The number of rotatable bonds is 3. The van der Waals surface area contributed by atoms with E-state index in [0.717, 1.165) is 6.54 Å². The summed E-state index contributed by atoms with van der Waals surface area (Å²) in [4.78, 5) is 2.51. The van der Waals surface area contributed by atoms with E-state index in [-0.39, 0.29) is 11.5 Å². The van der Waals surface area contributed by atoms with E-state index in [2.05, 4.69) is 18.7 Å². The third kappa shape index (κ3) is 3.58. The van der Waals surface area contributed by atoms with Crippen LogP contribution in [0.2, 0.25) is 0 Å².